The number of sulfone groups is 1. The molecule has 2 aromatic heterocycles. The van der Waals surface area contributed by atoms with Crippen molar-refractivity contribution in [2.24, 2.45) is 0 Å². The fourth-order valence-corrected chi connectivity index (χ4v) is 4.08. The summed E-state index contributed by atoms with van der Waals surface area (Å²) in [6.07, 6.45) is 3.69. The van der Waals surface area contributed by atoms with E-state index in [1.165, 1.54) is 4.90 Å². The van der Waals surface area contributed by atoms with Crippen LogP contribution in [0.3, 0.4) is 0 Å². The van der Waals surface area contributed by atoms with Gasteiger partial charge in [-0.05, 0) is 18.6 Å². The molecule has 0 radical (unpaired) electrons. The number of carbonyl (C=O) groups excluding carboxylic acids is 1. The summed E-state index contributed by atoms with van der Waals surface area (Å²) >= 11 is 0. The average molecular weight is 351 g/mol. The second kappa shape index (κ2) is 6.56. The van der Waals surface area contributed by atoms with Crippen molar-refractivity contribution in [1.29, 1.82) is 0 Å². The van der Waals surface area contributed by atoms with Crippen LogP contribution in [0.1, 0.15) is 12.3 Å². The van der Waals surface area contributed by atoms with Gasteiger partial charge in [0.2, 0.25) is 11.7 Å². The third-order valence-electron chi connectivity index (χ3n) is 3.69. The number of aromatic nitrogens is 3. The predicted octanol–water partition coefficient (Wildman–Crippen LogP) is 0.460. The number of nitrogens with one attached hydrogen (secondary N) is 1. The molecule has 1 N–H and O–H groups in total. The minimum Gasteiger partial charge on any atom is -0.337 e. The van der Waals surface area contributed by atoms with E-state index in [-0.39, 0.29) is 30.1 Å². The highest BCUT2D eigenvalue weighted by atomic mass is 32.2. The molecule has 1 aliphatic heterocycles. The molecule has 10 heteroatoms. The average Bonchev–Trinajstić information content (AvgIpc) is 3.14. The van der Waals surface area contributed by atoms with Gasteiger partial charge in [0.25, 0.3) is 0 Å². The van der Waals surface area contributed by atoms with Crippen LogP contribution in [-0.2, 0) is 16.4 Å². The first-order chi connectivity index (χ1) is 11.4. The lowest BCUT2D eigenvalue weighted by Gasteiger charge is -2.18. The Balaban J connectivity index is 1.58. The van der Waals surface area contributed by atoms with Crippen molar-refractivity contribution in [3.63, 3.8) is 0 Å². The maximum atomic E-state index is 12.1. The van der Waals surface area contributed by atoms with Gasteiger partial charge in [-0.25, -0.2) is 13.2 Å². The van der Waals surface area contributed by atoms with E-state index in [9.17, 15) is 13.2 Å². The molecular weight excluding hydrogens is 334 g/mol. The lowest BCUT2D eigenvalue weighted by atomic mass is 10.2. The highest BCUT2D eigenvalue weighted by Crippen LogP contribution is 2.15. The zero-order chi connectivity index (χ0) is 17.2. The Morgan fingerprint density at radius 1 is 1.42 bits per heavy atom. The number of hydrogen-bond donors (Lipinski definition) is 1. The van der Waals surface area contributed by atoms with Crippen LogP contribution in [0.15, 0.2) is 29.0 Å². The Hall–Kier alpha value is -2.49. The molecule has 9 nitrogen and oxygen atoms in total. The van der Waals surface area contributed by atoms with Gasteiger partial charge >= 0.3 is 6.03 Å². The van der Waals surface area contributed by atoms with Gasteiger partial charge in [0, 0.05) is 31.0 Å². The molecule has 1 saturated heterocycles. The Kier molecular flexibility index (Phi) is 4.47. The lowest BCUT2D eigenvalue weighted by molar-refractivity contribution is 0.196. The fraction of sp³-hybridized carbons (Fsp3) is 0.429. The van der Waals surface area contributed by atoms with Crippen molar-refractivity contribution in [3.05, 3.63) is 30.4 Å². The third-order valence-corrected chi connectivity index (χ3v) is 5.45. The van der Waals surface area contributed by atoms with Crippen LogP contribution in [0.5, 0.6) is 0 Å². The molecule has 1 aliphatic rings. The molecule has 128 valence electrons. The molecule has 0 spiro atoms. The third kappa shape index (κ3) is 3.88. The first-order valence-corrected chi connectivity index (χ1v) is 9.20. The predicted molar refractivity (Wildman–Crippen MR) is 84.6 cm³/mol. The van der Waals surface area contributed by atoms with E-state index >= 15 is 0 Å². The summed E-state index contributed by atoms with van der Waals surface area (Å²) in [5.41, 5.74) is 0.767. The van der Waals surface area contributed by atoms with Gasteiger partial charge in [-0.1, -0.05) is 5.16 Å². The summed E-state index contributed by atoms with van der Waals surface area (Å²) in [4.78, 5) is 21.6. The maximum absolute atomic E-state index is 12.1. The lowest BCUT2D eigenvalue weighted by Crippen LogP contribution is -2.43. The van der Waals surface area contributed by atoms with Gasteiger partial charge in [0.05, 0.1) is 11.5 Å². The van der Waals surface area contributed by atoms with Crippen LogP contribution < -0.4 is 5.32 Å². The molecule has 0 bridgehead atoms. The van der Waals surface area contributed by atoms with Gasteiger partial charge in [-0.15, -0.1) is 0 Å². The largest absolute Gasteiger partial charge is 0.337 e. The van der Waals surface area contributed by atoms with Crippen molar-refractivity contribution in [2.75, 3.05) is 18.6 Å². The summed E-state index contributed by atoms with van der Waals surface area (Å²) in [6, 6.07) is 2.79. The molecule has 0 aromatic carbocycles. The van der Waals surface area contributed by atoms with Gasteiger partial charge in [-0.2, -0.15) is 4.98 Å². The van der Waals surface area contributed by atoms with Crippen molar-refractivity contribution >= 4 is 15.9 Å². The molecule has 2 amide bonds. The molecule has 3 heterocycles. The number of pyridine rings is 1. The van der Waals surface area contributed by atoms with Crippen LogP contribution in [0.4, 0.5) is 4.79 Å². The second-order valence-electron chi connectivity index (χ2n) is 5.65. The van der Waals surface area contributed by atoms with Crippen LogP contribution >= 0.6 is 0 Å². The molecule has 3 rings (SSSR count). The summed E-state index contributed by atoms with van der Waals surface area (Å²) < 4.78 is 28.0. The van der Waals surface area contributed by atoms with Crippen molar-refractivity contribution in [1.82, 2.24) is 25.3 Å². The molecule has 0 aliphatic carbocycles. The van der Waals surface area contributed by atoms with E-state index < -0.39 is 9.84 Å². The summed E-state index contributed by atoms with van der Waals surface area (Å²) in [5, 5.41) is 6.57. The smallest absolute Gasteiger partial charge is 0.317 e. The highest BCUT2D eigenvalue weighted by molar-refractivity contribution is 7.91. The number of carbonyl (C=O) groups is 1. The Bertz CT molecular complexity index is 821. The van der Waals surface area contributed by atoms with Crippen LogP contribution in [-0.4, -0.2) is 59.1 Å². The number of nitrogens with zero attached hydrogens (tertiary/aromatic N) is 4. The molecular formula is C14H17N5O4S. The maximum Gasteiger partial charge on any atom is 0.317 e. The van der Waals surface area contributed by atoms with E-state index in [2.05, 4.69) is 20.4 Å². The summed E-state index contributed by atoms with van der Waals surface area (Å²) in [5.74, 6) is 0.807. The number of amides is 2. The second-order valence-corrected chi connectivity index (χ2v) is 7.88. The standard InChI is InChI=1S/C14H17N5O4S/c1-19(14(20)16-11-4-7-24(21,22)9-11)8-12-17-13(18-23-12)10-2-5-15-6-3-10/h2-3,5-6,11H,4,7-9H2,1H3,(H,16,20)/t11-/m1/s1. The minimum absolute atomic E-state index is 0.0146. The van der Waals surface area contributed by atoms with Crippen LogP contribution in [0.2, 0.25) is 0 Å². The molecule has 2 aromatic rings. The van der Waals surface area contributed by atoms with E-state index in [0.29, 0.717) is 18.1 Å². The van der Waals surface area contributed by atoms with Crippen LogP contribution in [0.25, 0.3) is 11.4 Å². The molecule has 0 unspecified atom stereocenters. The normalized spacial score (nSPS) is 19.1. The van der Waals surface area contributed by atoms with Crippen LogP contribution in [0, 0.1) is 0 Å². The first kappa shape index (κ1) is 16.4. The Morgan fingerprint density at radius 3 is 2.83 bits per heavy atom. The SMILES string of the molecule is CN(Cc1nc(-c2ccncc2)no1)C(=O)N[C@@H]1CCS(=O)(=O)C1. The Morgan fingerprint density at radius 2 is 2.17 bits per heavy atom. The zero-order valence-electron chi connectivity index (χ0n) is 13.0. The monoisotopic (exact) mass is 351 g/mol. The van der Waals surface area contributed by atoms with Crippen molar-refractivity contribution in [2.45, 2.75) is 19.0 Å². The topological polar surface area (TPSA) is 118 Å². The van der Waals surface area contributed by atoms with Gasteiger partial charge in [0.1, 0.15) is 6.54 Å². The fourth-order valence-electron chi connectivity index (χ4n) is 2.41. The van der Waals surface area contributed by atoms with Gasteiger partial charge in [-0.3, -0.25) is 4.98 Å². The van der Waals surface area contributed by atoms with E-state index in [4.69, 9.17) is 4.52 Å². The molecule has 1 atom stereocenters. The number of rotatable bonds is 4. The molecule has 0 saturated carbocycles. The quantitative estimate of drug-likeness (QED) is 0.850. The van der Waals surface area contributed by atoms with E-state index in [0.717, 1.165) is 5.56 Å². The highest BCUT2D eigenvalue weighted by Gasteiger charge is 2.29. The van der Waals surface area contributed by atoms with Gasteiger partial charge < -0.3 is 14.7 Å². The molecule has 1 fully saturated rings. The minimum atomic E-state index is -3.03. The summed E-state index contributed by atoms with van der Waals surface area (Å²) in [7, 11) is -1.45. The van der Waals surface area contributed by atoms with Crippen molar-refractivity contribution in [3.8, 4) is 11.4 Å². The van der Waals surface area contributed by atoms with E-state index in [1.54, 1.807) is 31.6 Å². The van der Waals surface area contributed by atoms with Crippen molar-refractivity contribution < 1.29 is 17.7 Å². The van der Waals surface area contributed by atoms with Gasteiger partial charge in [0.15, 0.2) is 9.84 Å². The molecule has 24 heavy (non-hydrogen) atoms. The Labute approximate surface area is 139 Å². The summed E-state index contributed by atoms with van der Waals surface area (Å²) in [6.45, 7) is 0.128. The zero-order valence-corrected chi connectivity index (χ0v) is 13.9. The first-order valence-electron chi connectivity index (χ1n) is 7.38. The number of urea groups is 1. The number of hydrogen-bond acceptors (Lipinski definition) is 7. The van der Waals surface area contributed by atoms with E-state index in [1.807, 2.05) is 0 Å².